The van der Waals surface area contributed by atoms with Gasteiger partial charge in [0.15, 0.2) is 0 Å². The average molecular weight is 256 g/mol. The molecule has 0 spiro atoms. The van der Waals surface area contributed by atoms with E-state index in [-0.39, 0.29) is 17.3 Å². The Hall–Kier alpha value is -0.600. The monoisotopic (exact) mass is 255 g/mol. The molecule has 0 amide bonds. The van der Waals surface area contributed by atoms with E-state index in [2.05, 4.69) is 12.2 Å². The average Bonchev–Trinajstić information content (AvgIpc) is 2.72. The van der Waals surface area contributed by atoms with Gasteiger partial charge in [0.05, 0.1) is 0 Å². The molecule has 94 valence electrons. The molecule has 0 aromatic heterocycles. The standard InChI is InChI=1S/C14H19ClFN/c1-14(7-3-4-8-14)13(17-2)11-9-10(16)5-6-12(11)15/h5-6,9,13,17H,3-4,7-8H2,1-2H3. The largest absolute Gasteiger partial charge is 0.312 e. The highest BCUT2D eigenvalue weighted by Crippen LogP contribution is 2.48. The van der Waals surface area contributed by atoms with Crippen LogP contribution >= 0.6 is 11.6 Å². The van der Waals surface area contributed by atoms with Crippen LogP contribution in [0.25, 0.3) is 0 Å². The fourth-order valence-corrected chi connectivity index (χ4v) is 3.31. The van der Waals surface area contributed by atoms with Crippen LogP contribution in [0.3, 0.4) is 0 Å². The van der Waals surface area contributed by atoms with Crippen molar-refractivity contribution in [3.8, 4) is 0 Å². The van der Waals surface area contributed by atoms with E-state index in [0.717, 1.165) is 5.56 Å². The molecule has 17 heavy (non-hydrogen) atoms. The maximum Gasteiger partial charge on any atom is 0.123 e. The number of nitrogens with one attached hydrogen (secondary N) is 1. The Balaban J connectivity index is 2.37. The minimum Gasteiger partial charge on any atom is -0.312 e. The fourth-order valence-electron chi connectivity index (χ4n) is 3.09. The molecule has 1 unspecified atom stereocenters. The number of benzene rings is 1. The van der Waals surface area contributed by atoms with Crippen molar-refractivity contribution in [2.45, 2.75) is 38.6 Å². The van der Waals surface area contributed by atoms with Crippen LogP contribution in [0.2, 0.25) is 5.02 Å². The molecule has 1 atom stereocenters. The molecule has 0 radical (unpaired) electrons. The van der Waals surface area contributed by atoms with Crippen molar-refractivity contribution in [2.24, 2.45) is 5.41 Å². The molecule has 1 aromatic rings. The quantitative estimate of drug-likeness (QED) is 0.848. The molecule has 1 N–H and O–H groups in total. The van der Waals surface area contributed by atoms with Gasteiger partial charge < -0.3 is 5.32 Å². The van der Waals surface area contributed by atoms with Crippen molar-refractivity contribution in [1.29, 1.82) is 0 Å². The summed E-state index contributed by atoms with van der Waals surface area (Å²) in [6, 6.07) is 4.76. The molecule has 1 nitrogen and oxygen atoms in total. The smallest absolute Gasteiger partial charge is 0.123 e. The highest BCUT2D eigenvalue weighted by molar-refractivity contribution is 6.31. The van der Waals surface area contributed by atoms with E-state index in [4.69, 9.17) is 11.6 Å². The summed E-state index contributed by atoms with van der Waals surface area (Å²) >= 11 is 6.20. The van der Waals surface area contributed by atoms with Gasteiger partial charge in [-0.05, 0) is 49.1 Å². The number of halogens is 2. The Kier molecular flexibility index (Phi) is 3.74. The molecule has 0 bridgehead atoms. The second-order valence-electron chi connectivity index (χ2n) is 5.25. The fraction of sp³-hybridized carbons (Fsp3) is 0.571. The van der Waals surface area contributed by atoms with Crippen LogP contribution in [-0.4, -0.2) is 7.05 Å². The first-order valence-corrected chi connectivity index (χ1v) is 6.57. The Bertz CT molecular complexity index is 399. The first-order chi connectivity index (χ1) is 8.07. The Morgan fingerprint density at radius 1 is 1.35 bits per heavy atom. The van der Waals surface area contributed by atoms with Crippen LogP contribution in [0.4, 0.5) is 4.39 Å². The summed E-state index contributed by atoms with van der Waals surface area (Å²) in [5.41, 5.74) is 1.07. The summed E-state index contributed by atoms with van der Waals surface area (Å²) in [5.74, 6) is -0.216. The van der Waals surface area contributed by atoms with Gasteiger partial charge in [0.1, 0.15) is 5.82 Å². The van der Waals surface area contributed by atoms with Crippen LogP contribution in [0, 0.1) is 11.2 Å². The van der Waals surface area contributed by atoms with E-state index in [1.165, 1.54) is 31.7 Å². The van der Waals surface area contributed by atoms with Gasteiger partial charge in [-0.15, -0.1) is 0 Å². The normalized spacial score (nSPS) is 20.5. The molecule has 0 aliphatic heterocycles. The van der Waals surface area contributed by atoms with Gasteiger partial charge in [-0.25, -0.2) is 4.39 Å². The van der Waals surface area contributed by atoms with Crippen molar-refractivity contribution < 1.29 is 4.39 Å². The van der Waals surface area contributed by atoms with Gasteiger partial charge in [0.25, 0.3) is 0 Å². The number of hydrogen-bond acceptors (Lipinski definition) is 1. The molecule has 2 rings (SSSR count). The lowest BCUT2D eigenvalue weighted by molar-refractivity contribution is 0.233. The van der Waals surface area contributed by atoms with Crippen molar-refractivity contribution in [2.75, 3.05) is 7.05 Å². The predicted molar refractivity (Wildman–Crippen MR) is 69.8 cm³/mol. The van der Waals surface area contributed by atoms with Gasteiger partial charge in [0.2, 0.25) is 0 Å². The SMILES string of the molecule is CNC(c1cc(F)ccc1Cl)C1(C)CCCC1. The minimum atomic E-state index is -0.216. The third-order valence-electron chi connectivity index (χ3n) is 4.00. The summed E-state index contributed by atoms with van der Waals surface area (Å²) in [5, 5.41) is 3.97. The number of rotatable bonds is 3. The summed E-state index contributed by atoms with van der Waals surface area (Å²) in [4.78, 5) is 0. The van der Waals surface area contributed by atoms with Gasteiger partial charge in [0, 0.05) is 11.1 Å². The maximum absolute atomic E-state index is 13.4. The summed E-state index contributed by atoms with van der Waals surface area (Å²) in [6.07, 6.45) is 4.85. The minimum absolute atomic E-state index is 0.133. The third-order valence-corrected chi connectivity index (χ3v) is 4.34. The molecule has 1 saturated carbocycles. The second-order valence-corrected chi connectivity index (χ2v) is 5.66. The molecule has 0 saturated heterocycles. The lowest BCUT2D eigenvalue weighted by atomic mass is 9.77. The van der Waals surface area contributed by atoms with E-state index in [9.17, 15) is 4.39 Å². The van der Waals surface area contributed by atoms with Crippen LogP contribution in [0.15, 0.2) is 18.2 Å². The molecule has 0 heterocycles. The Morgan fingerprint density at radius 2 is 2.00 bits per heavy atom. The second kappa shape index (κ2) is 4.95. The van der Waals surface area contributed by atoms with E-state index in [0.29, 0.717) is 5.02 Å². The summed E-state index contributed by atoms with van der Waals surface area (Å²) in [6.45, 7) is 2.27. The third kappa shape index (κ3) is 2.48. The van der Waals surface area contributed by atoms with Crippen molar-refractivity contribution in [1.82, 2.24) is 5.32 Å². The summed E-state index contributed by atoms with van der Waals surface area (Å²) in [7, 11) is 1.93. The maximum atomic E-state index is 13.4. The van der Waals surface area contributed by atoms with Gasteiger partial charge in [-0.2, -0.15) is 0 Å². The predicted octanol–water partition coefficient (Wildman–Crippen LogP) is 4.32. The van der Waals surface area contributed by atoms with Gasteiger partial charge >= 0.3 is 0 Å². The molecular formula is C14H19ClFN. The molecule has 1 fully saturated rings. The topological polar surface area (TPSA) is 12.0 Å². The Morgan fingerprint density at radius 3 is 2.59 bits per heavy atom. The first-order valence-electron chi connectivity index (χ1n) is 6.19. The first kappa shape index (κ1) is 12.8. The molecular weight excluding hydrogens is 237 g/mol. The lowest BCUT2D eigenvalue weighted by Gasteiger charge is -2.34. The van der Waals surface area contributed by atoms with Crippen molar-refractivity contribution >= 4 is 11.6 Å². The summed E-state index contributed by atoms with van der Waals surface area (Å²) < 4.78 is 13.4. The van der Waals surface area contributed by atoms with Crippen LogP contribution in [0.5, 0.6) is 0 Å². The lowest BCUT2D eigenvalue weighted by Crippen LogP contribution is -2.32. The molecule has 1 aliphatic rings. The van der Waals surface area contributed by atoms with E-state index < -0.39 is 0 Å². The van der Waals surface area contributed by atoms with Crippen molar-refractivity contribution in [3.63, 3.8) is 0 Å². The van der Waals surface area contributed by atoms with E-state index >= 15 is 0 Å². The van der Waals surface area contributed by atoms with Crippen LogP contribution < -0.4 is 5.32 Å². The van der Waals surface area contributed by atoms with Gasteiger partial charge in [-0.3, -0.25) is 0 Å². The zero-order chi connectivity index (χ0) is 12.5. The van der Waals surface area contributed by atoms with Crippen LogP contribution in [0.1, 0.15) is 44.2 Å². The highest BCUT2D eigenvalue weighted by atomic mass is 35.5. The highest BCUT2D eigenvalue weighted by Gasteiger charge is 2.37. The zero-order valence-electron chi connectivity index (χ0n) is 10.4. The molecule has 1 aliphatic carbocycles. The molecule has 3 heteroatoms. The van der Waals surface area contributed by atoms with E-state index in [1.807, 2.05) is 7.05 Å². The van der Waals surface area contributed by atoms with Crippen molar-refractivity contribution in [3.05, 3.63) is 34.6 Å². The zero-order valence-corrected chi connectivity index (χ0v) is 11.1. The van der Waals surface area contributed by atoms with E-state index in [1.54, 1.807) is 12.1 Å². The van der Waals surface area contributed by atoms with Crippen LogP contribution in [-0.2, 0) is 0 Å². The molecule has 1 aromatic carbocycles. The Labute approximate surface area is 107 Å². The van der Waals surface area contributed by atoms with Gasteiger partial charge in [-0.1, -0.05) is 31.4 Å². The number of hydrogen-bond donors (Lipinski definition) is 1.